The number of hydrogen-bond acceptors (Lipinski definition) is 4. The van der Waals surface area contributed by atoms with E-state index in [1.165, 1.54) is 14.0 Å². The maximum Gasteiger partial charge on any atom is 0.160 e. The van der Waals surface area contributed by atoms with Gasteiger partial charge >= 0.3 is 0 Å². The Kier molecular flexibility index (Phi) is 3.54. The third kappa shape index (κ3) is 5.95. The van der Waals surface area contributed by atoms with Crippen LogP contribution in [0.4, 0.5) is 0 Å². The number of ether oxygens (including phenoxy) is 3. The maximum absolute atomic E-state index is 10.6. The van der Waals surface area contributed by atoms with Gasteiger partial charge < -0.3 is 19.3 Å². The van der Waals surface area contributed by atoms with E-state index < -0.39 is 55.7 Å². The highest BCUT2D eigenvalue weighted by atomic mass is 16.5. The van der Waals surface area contributed by atoms with Crippen molar-refractivity contribution in [2.45, 2.75) is 45.6 Å². The van der Waals surface area contributed by atoms with Gasteiger partial charge in [0.15, 0.2) is 11.5 Å². The van der Waals surface area contributed by atoms with Crippen LogP contribution in [-0.4, -0.2) is 31.9 Å². The molecule has 26 heavy (non-hydrogen) atoms. The van der Waals surface area contributed by atoms with Crippen molar-refractivity contribution in [1.82, 2.24) is 0 Å². The topological polar surface area (TPSA) is 47.9 Å². The third-order valence-electron chi connectivity index (χ3n) is 3.69. The lowest BCUT2D eigenvalue weighted by atomic mass is 10.0. The Hall–Kier alpha value is -2.20. The van der Waals surface area contributed by atoms with Gasteiger partial charge in [0.25, 0.3) is 0 Å². The predicted octanol–water partition coefficient (Wildman–Crippen LogP) is 4.47. The van der Waals surface area contributed by atoms with Crippen LogP contribution in [0.5, 0.6) is 17.2 Å². The second-order valence-corrected chi connectivity index (χ2v) is 5.63. The smallest absolute Gasteiger partial charge is 0.160 e. The van der Waals surface area contributed by atoms with Gasteiger partial charge in [0, 0.05) is 0 Å². The number of rotatable bonds is 10. The van der Waals surface area contributed by atoms with E-state index in [0.29, 0.717) is 11.1 Å². The van der Waals surface area contributed by atoms with Crippen molar-refractivity contribution in [2.75, 3.05) is 20.7 Å². The minimum Gasteiger partial charge on any atom is -0.493 e. The van der Waals surface area contributed by atoms with Gasteiger partial charge in [0.2, 0.25) is 0 Å². The number of methoxy groups -OCH3 is 2. The molecule has 0 aromatic heterocycles. The van der Waals surface area contributed by atoms with E-state index in [0.717, 1.165) is 0 Å². The molecule has 0 bridgehead atoms. The van der Waals surface area contributed by atoms with Crippen LogP contribution in [0.25, 0.3) is 0 Å². The fourth-order valence-corrected chi connectivity index (χ4v) is 2.10. The lowest BCUT2D eigenvalue weighted by molar-refractivity contribution is 0.0976. The standard InChI is InChI=1S/C22H30O4/c1-16-9-11-20(13-17(16)2)26-15-19(23)8-6-5-7-18-10-12-21(24-3)22(14-18)25-4/h9-14,19,23H,5-8,15H2,1-4H3/i3D3,9D,10D,11D,12D,13D,14D,15D2,19D. The number of benzene rings is 2. The molecule has 0 aliphatic heterocycles. The first-order chi connectivity index (χ1) is 17.3. The van der Waals surface area contributed by atoms with Gasteiger partial charge in [-0.25, -0.2) is 0 Å². The quantitative estimate of drug-likeness (QED) is 0.627. The summed E-state index contributed by atoms with van der Waals surface area (Å²) in [6, 6.07) is -2.48. The van der Waals surface area contributed by atoms with Gasteiger partial charge in [-0.1, -0.05) is 18.5 Å². The minimum absolute atomic E-state index is 0.000980. The predicted molar refractivity (Wildman–Crippen MR) is 105 cm³/mol. The molecule has 0 amide bonds. The molecule has 1 N–H and O–H groups in total. The first kappa shape index (κ1) is 9.14. The molecule has 4 heteroatoms. The number of hydrogen-bond donors (Lipinski definition) is 1. The summed E-state index contributed by atoms with van der Waals surface area (Å²) >= 11 is 0. The molecule has 4 nitrogen and oxygen atoms in total. The SMILES string of the molecule is [2H]c1c([2H])c(OC([2H])([2H])C([2H])(O)CCCCc2c([2H])c([2H])c(OC([2H])([2H])[2H])c(OC)c2[2H])c([2H])c(C)c1C. The summed E-state index contributed by atoms with van der Waals surface area (Å²) in [5.74, 6) is -1.43. The van der Waals surface area contributed by atoms with Crippen LogP contribution in [0.1, 0.15) is 52.4 Å². The first-order valence-electron chi connectivity index (χ1n) is 14.1. The summed E-state index contributed by atoms with van der Waals surface area (Å²) in [5.41, 5.74) is 0.720. The van der Waals surface area contributed by atoms with Crippen LogP contribution in [-0.2, 0) is 6.42 Å². The third-order valence-corrected chi connectivity index (χ3v) is 3.69. The molecule has 0 aliphatic carbocycles. The Balaban J connectivity index is 2.19. The van der Waals surface area contributed by atoms with Gasteiger partial charge in [-0.2, -0.15) is 0 Å². The van der Waals surface area contributed by atoms with E-state index in [-0.39, 0.29) is 48.7 Å². The average Bonchev–Trinajstić information content (AvgIpc) is 2.81. The van der Waals surface area contributed by atoms with Crippen molar-refractivity contribution in [3.63, 3.8) is 0 Å². The number of aliphatic hydroxyl groups is 1. The summed E-state index contributed by atoms with van der Waals surface area (Å²) < 4.78 is 110. The summed E-state index contributed by atoms with van der Waals surface area (Å²) in [6.45, 7) is 0.00914. The molecular weight excluding hydrogens is 328 g/mol. The normalized spacial score (nSPS) is 20.8. The minimum atomic E-state index is -3.06. The second-order valence-electron chi connectivity index (χ2n) is 5.63. The Labute approximate surface area is 173 Å². The van der Waals surface area contributed by atoms with Crippen molar-refractivity contribution < 1.29 is 35.8 Å². The molecule has 142 valence electrons. The monoisotopic (exact) mass is 370 g/mol. The van der Waals surface area contributed by atoms with Gasteiger partial charge in [-0.3, -0.25) is 0 Å². The summed E-state index contributed by atoms with van der Waals surface area (Å²) in [5, 5.41) is 10.6. The Morgan fingerprint density at radius 2 is 1.96 bits per heavy atom. The summed E-state index contributed by atoms with van der Waals surface area (Å²) in [4.78, 5) is 0. The number of unbranched alkanes of at least 4 members (excludes halogenated alkanes) is 1. The first-order valence-corrected chi connectivity index (χ1v) is 8.11. The van der Waals surface area contributed by atoms with Gasteiger partial charge in [0.05, 0.1) is 36.7 Å². The van der Waals surface area contributed by atoms with E-state index in [9.17, 15) is 5.11 Å². The van der Waals surface area contributed by atoms with E-state index in [2.05, 4.69) is 0 Å². The maximum atomic E-state index is 10.6. The Bertz CT molecular complexity index is 1170. The van der Waals surface area contributed by atoms with E-state index in [1.54, 1.807) is 6.92 Å². The Morgan fingerprint density at radius 1 is 1.12 bits per heavy atom. The molecule has 0 aliphatic rings. The highest BCUT2D eigenvalue weighted by molar-refractivity contribution is 5.42. The molecule has 2 aromatic carbocycles. The molecule has 2 aromatic rings. The average molecular weight is 371 g/mol. The van der Waals surface area contributed by atoms with Crippen molar-refractivity contribution in [3.8, 4) is 17.2 Å². The lowest BCUT2D eigenvalue weighted by Gasteiger charge is -2.13. The van der Waals surface area contributed by atoms with Crippen molar-refractivity contribution in [3.05, 3.63) is 52.9 Å². The molecule has 1 unspecified atom stereocenters. The fraction of sp³-hybridized carbons (Fsp3) is 0.455. The molecular formula is C22H30O4. The van der Waals surface area contributed by atoms with Crippen LogP contribution < -0.4 is 14.2 Å². The zero-order chi connectivity index (χ0) is 29.4. The molecule has 2 rings (SSSR count). The van der Waals surface area contributed by atoms with Crippen molar-refractivity contribution in [1.29, 1.82) is 0 Å². The van der Waals surface area contributed by atoms with Gasteiger partial charge in [-0.15, -0.1) is 0 Å². The van der Waals surface area contributed by atoms with E-state index >= 15 is 0 Å². The summed E-state index contributed by atoms with van der Waals surface area (Å²) in [6.07, 6.45) is -3.13. The van der Waals surface area contributed by atoms with Crippen molar-refractivity contribution in [2.24, 2.45) is 0 Å². The van der Waals surface area contributed by atoms with Crippen molar-refractivity contribution >= 4 is 0 Å². The highest BCUT2D eigenvalue weighted by Gasteiger charge is 2.07. The molecule has 0 heterocycles. The van der Waals surface area contributed by atoms with E-state index in [1.807, 2.05) is 0 Å². The largest absolute Gasteiger partial charge is 0.493 e. The van der Waals surface area contributed by atoms with Crippen LogP contribution in [0.15, 0.2) is 36.3 Å². The molecule has 0 saturated carbocycles. The van der Waals surface area contributed by atoms with Crippen LogP contribution in [0.3, 0.4) is 0 Å². The van der Waals surface area contributed by atoms with Crippen LogP contribution in [0, 0.1) is 13.8 Å². The Morgan fingerprint density at radius 3 is 2.73 bits per heavy atom. The highest BCUT2D eigenvalue weighted by Crippen LogP contribution is 2.28. The summed E-state index contributed by atoms with van der Waals surface area (Å²) in [7, 11) is -1.76. The molecule has 0 fully saturated rings. The lowest BCUT2D eigenvalue weighted by Crippen LogP contribution is -2.17. The van der Waals surface area contributed by atoms with Crippen LogP contribution >= 0.6 is 0 Å². The second kappa shape index (κ2) is 10.1. The van der Waals surface area contributed by atoms with Gasteiger partial charge in [0.1, 0.15) is 12.3 Å². The molecule has 0 spiro atoms. The molecule has 0 radical (unpaired) electrons. The zero-order valence-corrected chi connectivity index (χ0v) is 15.0. The van der Waals surface area contributed by atoms with E-state index in [4.69, 9.17) is 30.7 Å². The fourth-order valence-electron chi connectivity index (χ4n) is 2.10. The van der Waals surface area contributed by atoms with Gasteiger partial charge in [-0.05, 0) is 74.0 Å². The zero-order valence-electron chi connectivity index (χ0n) is 27.0. The van der Waals surface area contributed by atoms with Crippen LogP contribution in [0.2, 0.25) is 0 Å². The molecule has 1 atom stereocenters. The molecule has 0 saturated heterocycles.